The molecule has 0 fully saturated rings. The second-order valence-electron chi connectivity index (χ2n) is 4.82. The van der Waals surface area contributed by atoms with Crippen molar-refractivity contribution in [3.8, 4) is 0 Å². The van der Waals surface area contributed by atoms with Gasteiger partial charge < -0.3 is 10.0 Å². The molecular formula is C15H9BrN2O2S3. The van der Waals surface area contributed by atoms with Crippen LogP contribution in [0.3, 0.4) is 0 Å². The lowest BCUT2D eigenvalue weighted by Gasteiger charge is -2.16. The van der Waals surface area contributed by atoms with Gasteiger partial charge in [0.05, 0.1) is 15.2 Å². The number of hydrogen-bond donors (Lipinski definition) is 1. The summed E-state index contributed by atoms with van der Waals surface area (Å²) in [6, 6.07) is 8.04. The van der Waals surface area contributed by atoms with Gasteiger partial charge in [0.2, 0.25) is 0 Å². The number of rotatable bonds is 3. The molecule has 2 aromatic heterocycles. The van der Waals surface area contributed by atoms with Crippen LogP contribution in [0.2, 0.25) is 0 Å². The van der Waals surface area contributed by atoms with Gasteiger partial charge >= 0.3 is 5.97 Å². The highest BCUT2D eigenvalue weighted by atomic mass is 79.9. The van der Waals surface area contributed by atoms with E-state index in [0.717, 1.165) is 34.6 Å². The standard InChI is InChI=1S/C15H9BrN2O2S3/c16-8-1-2-10-9(5-8)17-12(22-10)6-13-18(7-14(19)20)15-11(23-13)3-4-21-15/h1-6H,7H2,(H,19,20)/b13-6-. The van der Waals surface area contributed by atoms with Crippen molar-refractivity contribution in [1.82, 2.24) is 4.98 Å². The minimum Gasteiger partial charge on any atom is -0.480 e. The Morgan fingerprint density at radius 1 is 1.39 bits per heavy atom. The van der Waals surface area contributed by atoms with Crippen LogP contribution in [0.5, 0.6) is 0 Å². The van der Waals surface area contributed by atoms with Crippen LogP contribution in [-0.2, 0) is 4.79 Å². The summed E-state index contributed by atoms with van der Waals surface area (Å²) in [5.41, 5.74) is 0.943. The summed E-state index contributed by atoms with van der Waals surface area (Å²) in [4.78, 5) is 18.7. The second kappa shape index (κ2) is 5.94. The third-order valence-corrected chi connectivity index (χ3v) is 6.88. The van der Waals surface area contributed by atoms with Crippen LogP contribution in [0.1, 0.15) is 5.01 Å². The molecule has 3 heterocycles. The first-order valence-corrected chi connectivity index (χ1v) is 9.93. The zero-order chi connectivity index (χ0) is 16.0. The molecule has 1 N–H and O–H groups in total. The van der Waals surface area contributed by atoms with E-state index in [0.29, 0.717) is 0 Å². The van der Waals surface area contributed by atoms with E-state index in [1.54, 1.807) is 34.4 Å². The predicted octanol–water partition coefficient (Wildman–Crippen LogP) is 5.12. The zero-order valence-electron chi connectivity index (χ0n) is 11.5. The van der Waals surface area contributed by atoms with Crippen molar-refractivity contribution in [2.45, 2.75) is 4.90 Å². The molecule has 1 aromatic carbocycles. The van der Waals surface area contributed by atoms with E-state index in [2.05, 4.69) is 20.9 Å². The van der Waals surface area contributed by atoms with E-state index in [9.17, 15) is 9.90 Å². The summed E-state index contributed by atoms with van der Waals surface area (Å²) in [6.45, 7) is -0.0389. The number of carboxylic acids is 1. The van der Waals surface area contributed by atoms with Crippen LogP contribution in [0.15, 0.2) is 44.0 Å². The molecule has 0 radical (unpaired) electrons. The summed E-state index contributed by atoms with van der Waals surface area (Å²) in [6.07, 6.45) is 1.97. The number of nitrogens with zero attached hydrogens (tertiary/aromatic N) is 2. The molecule has 0 spiro atoms. The van der Waals surface area contributed by atoms with Crippen molar-refractivity contribution in [2.75, 3.05) is 11.4 Å². The molecular weight excluding hydrogens is 416 g/mol. The fraction of sp³-hybridized carbons (Fsp3) is 0.0667. The van der Waals surface area contributed by atoms with Crippen molar-refractivity contribution in [3.63, 3.8) is 0 Å². The van der Waals surface area contributed by atoms with Gasteiger partial charge in [-0.1, -0.05) is 27.7 Å². The third-order valence-electron chi connectivity index (χ3n) is 3.24. The first-order chi connectivity index (χ1) is 11.1. The second-order valence-corrected chi connectivity index (χ2v) is 8.75. The Kier molecular flexibility index (Phi) is 3.92. The van der Waals surface area contributed by atoms with Gasteiger partial charge in [0.25, 0.3) is 0 Å². The summed E-state index contributed by atoms with van der Waals surface area (Å²) in [5.74, 6) is -0.842. The van der Waals surface area contributed by atoms with E-state index < -0.39 is 5.97 Å². The summed E-state index contributed by atoms with van der Waals surface area (Å²) < 4.78 is 2.11. The number of anilines is 1. The smallest absolute Gasteiger partial charge is 0.323 e. The maximum absolute atomic E-state index is 11.2. The normalized spacial score (nSPS) is 15.5. The minimum absolute atomic E-state index is 0.0389. The summed E-state index contributed by atoms with van der Waals surface area (Å²) in [7, 11) is 0. The van der Waals surface area contributed by atoms with E-state index in [4.69, 9.17) is 0 Å². The number of thiazole rings is 1. The van der Waals surface area contributed by atoms with Gasteiger partial charge in [-0.25, -0.2) is 4.98 Å². The van der Waals surface area contributed by atoms with Crippen molar-refractivity contribution in [3.05, 3.63) is 44.2 Å². The minimum atomic E-state index is -0.842. The van der Waals surface area contributed by atoms with Gasteiger partial charge in [-0.15, -0.1) is 22.7 Å². The largest absolute Gasteiger partial charge is 0.480 e. The van der Waals surface area contributed by atoms with E-state index >= 15 is 0 Å². The molecule has 0 unspecified atom stereocenters. The SMILES string of the molecule is O=C(O)CN1/C(=C/c2nc3cc(Br)ccc3s2)Sc2ccsc21. The fourth-order valence-electron chi connectivity index (χ4n) is 2.31. The molecule has 4 rings (SSSR count). The predicted molar refractivity (Wildman–Crippen MR) is 100 cm³/mol. The van der Waals surface area contributed by atoms with Gasteiger partial charge in [-0.2, -0.15) is 0 Å². The topological polar surface area (TPSA) is 53.4 Å². The Bertz CT molecular complexity index is 947. The average molecular weight is 425 g/mol. The molecule has 0 saturated heterocycles. The molecule has 116 valence electrons. The number of thioether (sulfide) groups is 1. The molecule has 1 aliphatic heterocycles. The molecule has 0 saturated carbocycles. The highest BCUT2D eigenvalue weighted by Gasteiger charge is 2.28. The number of fused-ring (bicyclic) bond motifs is 2. The summed E-state index contributed by atoms with van der Waals surface area (Å²) in [5, 5.41) is 13.9. The fourth-order valence-corrected chi connectivity index (χ4v) is 5.83. The molecule has 4 nitrogen and oxygen atoms in total. The number of halogens is 1. The zero-order valence-corrected chi connectivity index (χ0v) is 15.6. The lowest BCUT2D eigenvalue weighted by molar-refractivity contribution is -0.135. The van der Waals surface area contributed by atoms with Crippen molar-refractivity contribution >= 4 is 77.6 Å². The average Bonchev–Trinajstić information content (AvgIpc) is 3.15. The Morgan fingerprint density at radius 2 is 2.26 bits per heavy atom. The summed E-state index contributed by atoms with van der Waals surface area (Å²) >= 11 is 8.21. The van der Waals surface area contributed by atoms with Gasteiger partial charge in [0, 0.05) is 15.4 Å². The molecule has 8 heteroatoms. The number of carbonyl (C=O) groups is 1. The van der Waals surface area contributed by atoms with E-state index in [1.807, 2.05) is 40.6 Å². The molecule has 1 aliphatic rings. The third kappa shape index (κ3) is 2.91. The number of benzene rings is 1. The van der Waals surface area contributed by atoms with Gasteiger partial charge in [-0.3, -0.25) is 4.79 Å². The van der Waals surface area contributed by atoms with E-state index in [-0.39, 0.29) is 6.54 Å². The lowest BCUT2D eigenvalue weighted by Crippen LogP contribution is -2.24. The Balaban J connectivity index is 1.73. The highest BCUT2D eigenvalue weighted by molar-refractivity contribution is 9.10. The van der Waals surface area contributed by atoms with E-state index in [1.165, 1.54) is 0 Å². The molecule has 3 aromatic rings. The Labute approximate surface area is 152 Å². The molecule has 0 atom stereocenters. The molecule has 0 bridgehead atoms. The van der Waals surface area contributed by atoms with Crippen LogP contribution in [0.4, 0.5) is 5.00 Å². The van der Waals surface area contributed by atoms with Crippen molar-refractivity contribution in [2.24, 2.45) is 0 Å². The molecule has 23 heavy (non-hydrogen) atoms. The Hall–Kier alpha value is -1.35. The van der Waals surface area contributed by atoms with Crippen LogP contribution in [-0.4, -0.2) is 22.6 Å². The maximum Gasteiger partial charge on any atom is 0.323 e. The molecule has 0 aliphatic carbocycles. The van der Waals surface area contributed by atoms with Crippen LogP contribution in [0.25, 0.3) is 16.3 Å². The van der Waals surface area contributed by atoms with Crippen LogP contribution in [0, 0.1) is 0 Å². The van der Waals surface area contributed by atoms with Crippen molar-refractivity contribution < 1.29 is 9.90 Å². The first-order valence-electron chi connectivity index (χ1n) is 6.62. The van der Waals surface area contributed by atoms with Gasteiger partial charge in [0.15, 0.2) is 0 Å². The quantitative estimate of drug-likeness (QED) is 0.632. The van der Waals surface area contributed by atoms with Crippen LogP contribution >= 0.6 is 50.4 Å². The van der Waals surface area contributed by atoms with Gasteiger partial charge in [0.1, 0.15) is 16.6 Å². The maximum atomic E-state index is 11.2. The number of thiophene rings is 1. The monoisotopic (exact) mass is 424 g/mol. The van der Waals surface area contributed by atoms with Crippen LogP contribution < -0.4 is 4.90 Å². The highest BCUT2D eigenvalue weighted by Crippen LogP contribution is 2.49. The number of aromatic nitrogens is 1. The number of carboxylic acid groups (broad SMARTS) is 1. The lowest BCUT2D eigenvalue weighted by atomic mass is 10.3. The number of aliphatic carboxylic acids is 1. The molecule has 0 amide bonds. The number of hydrogen-bond acceptors (Lipinski definition) is 6. The van der Waals surface area contributed by atoms with Crippen molar-refractivity contribution in [1.29, 1.82) is 0 Å². The van der Waals surface area contributed by atoms with Gasteiger partial charge in [-0.05, 0) is 29.6 Å². The first kappa shape index (κ1) is 15.2. The Morgan fingerprint density at radius 3 is 3.09 bits per heavy atom.